The molecule has 6 nitrogen and oxygen atoms in total. The van der Waals surface area contributed by atoms with Gasteiger partial charge in [0.2, 0.25) is 0 Å². The van der Waals surface area contributed by atoms with Crippen LogP contribution in [0.3, 0.4) is 0 Å². The highest BCUT2D eigenvalue weighted by atomic mass is 16.5. The van der Waals surface area contributed by atoms with Gasteiger partial charge in [0, 0.05) is 36.4 Å². The van der Waals surface area contributed by atoms with Crippen molar-refractivity contribution in [2.24, 2.45) is 0 Å². The Hall–Kier alpha value is -3.15. The summed E-state index contributed by atoms with van der Waals surface area (Å²) in [6.07, 6.45) is 0.943. The van der Waals surface area contributed by atoms with Gasteiger partial charge in [-0.15, -0.1) is 0 Å². The molecule has 0 N–H and O–H groups in total. The average Bonchev–Trinajstić information content (AvgIpc) is 3.08. The third-order valence-electron chi connectivity index (χ3n) is 4.69. The van der Waals surface area contributed by atoms with Crippen LogP contribution in [0.2, 0.25) is 0 Å². The van der Waals surface area contributed by atoms with Gasteiger partial charge in [-0.3, -0.25) is 19.4 Å². The number of benzene rings is 2. The van der Waals surface area contributed by atoms with Gasteiger partial charge in [-0.05, 0) is 55.3 Å². The van der Waals surface area contributed by atoms with E-state index >= 15 is 0 Å². The van der Waals surface area contributed by atoms with Gasteiger partial charge >= 0.3 is 12.0 Å². The quantitative estimate of drug-likeness (QED) is 0.580. The van der Waals surface area contributed by atoms with Crippen LogP contribution in [0.25, 0.3) is 0 Å². The Balaban J connectivity index is 1.67. The molecule has 0 saturated carbocycles. The van der Waals surface area contributed by atoms with Crippen molar-refractivity contribution in [3.63, 3.8) is 0 Å². The maximum atomic E-state index is 12.8. The van der Waals surface area contributed by atoms with Crippen molar-refractivity contribution in [1.29, 1.82) is 0 Å². The van der Waals surface area contributed by atoms with Crippen LogP contribution in [0, 0.1) is 0 Å². The Morgan fingerprint density at radius 3 is 1.93 bits per heavy atom. The number of aryl methyl sites for hydroxylation is 1. The highest BCUT2D eigenvalue weighted by molar-refractivity contribution is 6.06. The zero-order valence-corrected chi connectivity index (χ0v) is 15.5. The van der Waals surface area contributed by atoms with Crippen LogP contribution in [-0.2, 0) is 16.0 Å². The number of ketones is 1. The van der Waals surface area contributed by atoms with Crippen molar-refractivity contribution in [1.82, 2.24) is 0 Å². The van der Waals surface area contributed by atoms with E-state index in [1.54, 1.807) is 34.1 Å². The number of hydrogen-bond donors (Lipinski definition) is 0. The van der Waals surface area contributed by atoms with Crippen molar-refractivity contribution in [3.8, 4) is 0 Å². The number of methoxy groups -OCH3 is 1. The third-order valence-corrected chi connectivity index (χ3v) is 4.69. The molecule has 0 radical (unpaired) electrons. The molecule has 2 aromatic carbocycles. The largest absolute Gasteiger partial charge is 0.469 e. The first-order valence-electron chi connectivity index (χ1n) is 8.85. The first-order chi connectivity index (χ1) is 13.0. The van der Waals surface area contributed by atoms with Gasteiger partial charge in [0.25, 0.3) is 0 Å². The van der Waals surface area contributed by atoms with E-state index in [-0.39, 0.29) is 17.8 Å². The van der Waals surface area contributed by atoms with Gasteiger partial charge in [-0.25, -0.2) is 4.79 Å². The highest BCUT2D eigenvalue weighted by Gasteiger charge is 2.30. The maximum Gasteiger partial charge on any atom is 0.329 e. The second kappa shape index (κ2) is 8.03. The molecule has 2 amide bonds. The van der Waals surface area contributed by atoms with E-state index < -0.39 is 0 Å². The number of ether oxygens (including phenoxy) is 1. The molecule has 1 aliphatic heterocycles. The monoisotopic (exact) mass is 366 g/mol. The van der Waals surface area contributed by atoms with Gasteiger partial charge in [0.1, 0.15) is 0 Å². The summed E-state index contributed by atoms with van der Waals surface area (Å²) in [5, 5.41) is 0. The lowest BCUT2D eigenvalue weighted by Gasteiger charge is -2.19. The standard InChI is InChI=1S/C21H22N2O4/c1-15(24)17-6-10-19(11-7-17)23-14-13-22(21(23)26)18-8-3-16(4-9-18)5-12-20(25)27-2/h3-4,6-11H,5,12-14H2,1-2H3. The third kappa shape index (κ3) is 4.16. The Morgan fingerprint density at radius 1 is 0.926 bits per heavy atom. The molecule has 0 atom stereocenters. The smallest absolute Gasteiger partial charge is 0.329 e. The Morgan fingerprint density at radius 2 is 1.44 bits per heavy atom. The fourth-order valence-corrected chi connectivity index (χ4v) is 3.08. The van der Waals surface area contributed by atoms with Crippen LogP contribution in [0.5, 0.6) is 0 Å². The van der Waals surface area contributed by atoms with Crippen molar-refractivity contribution in [3.05, 3.63) is 59.7 Å². The molecular formula is C21H22N2O4. The molecule has 3 rings (SSSR count). The fraction of sp³-hybridized carbons (Fsp3) is 0.286. The molecule has 140 valence electrons. The molecule has 0 bridgehead atoms. The summed E-state index contributed by atoms with van der Waals surface area (Å²) in [4.78, 5) is 38.8. The predicted octanol–water partition coefficient (Wildman–Crippen LogP) is 3.44. The van der Waals surface area contributed by atoms with Gasteiger partial charge in [0.15, 0.2) is 5.78 Å². The number of carbonyl (C=O) groups is 3. The number of carbonyl (C=O) groups excluding carboxylic acids is 3. The Labute approximate surface area is 158 Å². The summed E-state index contributed by atoms with van der Waals surface area (Å²) in [7, 11) is 1.38. The van der Waals surface area contributed by atoms with Gasteiger partial charge in [-0.2, -0.15) is 0 Å². The van der Waals surface area contributed by atoms with Crippen molar-refractivity contribution in [2.75, 3.05) is 30.0 Å². The second-order valence-corrected chi connectivity index (χ2v) is 6.43. The minimum Gasteiger partial charge on any atom is -0.469 e. The summed E-state index contributed by atoms with van der Waals surface area (Å²) in [6.45, 7) is 2.70. The van der Waals surface area contributed by atoms with E-state index in [1.807, 2.05) is 24.3 Å². The number of nitrogens with zero attached hydrogens (tertiary/aromatic N) is 2. The normalized spacial score (nSPS) is 13.8. The van der Waals surface area contributed by atoms with Crippen LogP contribution in [-0.4, -0.2) is 38.0 Å². The van der Waals surface area contributed by atoms with E-state index in [0.29, 0.717) is 31.5 Å². The van der Waals surface area contributed by atoms with E-state index in [4.69, 9.17) is 0 Å². The topological polar surface area (TPSA) is 66.9 Å². The molecule has 1 heterocycles. The summed E-state index contributed by atoms with van der Waals surface area (Å²) < 4.78 is 4.65. The zero-order chi connectivity index (χ0) is 19.4. The maximum absolute atomic E-state index is 12.8. The molecule has 0 spiro atoms. The minimum atomic E-state index is -0.236. The van der Waals surface area contributed by atoms with E-state index in [1.165, 1.54) is 14.0 Å². The first kappa shape index (κ1) is 18.6. The molecule has 1 aliphatic rings. The summed E-state index contributed by atoms with van der Waals surface area (Å²) in [5.41, 5.74) is 3.25. The van der Waals surface area contributed by atoms with E-state index in [9.17, 15) is 14.4 Å². The predicted molar refractivity (Wildman–Crippen MR) is 103 cm³/mol. The molecule has 0 aromatic heterocycles. The van der Waals surface area contributed by atoms with Crippen molar-refractivity contribution >= 4 is 29.2 Å². The van der Waals surface area contributed by atoms with E-state index in [0.717, 1.165) is 16.9 Å². The molecule has 2 aromatic rings. The van der Waals surface area contributed by atoms with Crippen LogP contribution < -0.4 is 9.80 Å². The Kier molecular flexibility index (Phi) is 5.54. The summed E-state index contributed by atoms with van der Waals surface area (Å²) in [6, 6.07) is 14.6. The lowest BCUT2D eigenvalue weighted by atomic mass is 10.1. The number of urea groups is 1. The van der Waals surface area contributed by atoms with Crippen LogP contribution in [0.15, 0.2) is 48.5 Å². The average molecular weight is 366 g/mol. The van der Waals surface area contributed by atoms with Gasteiger partial charge in [-0.1, -0.05) is 12.1 Å². The Bertz CT molecular complexity index is 843. The highest BCUT2D eigenvalue weighted by Crippen LogP contribution is 2.26. The van der Waals surface area contributed by atoms with Crippen LogP contribution >= 0.6 is 0 Å². The van der Waals surface area contributed by atoms with Crippen molar-refractivity contribution in [2.45, 2.75) is 19.8 Å². The van der Waals surface area contributed by atoms with E-state index in [2.05, 4.69) is 4.74 Å². The molecule has 1 saturated heterocycles. The second-order valence-electron chi connectivity index (χ2n) is 6.43. The number of Topliss-reactive ketones (excluding diaryl/α,β-unsaturated/α-hetero) is 1. The van der Waals surface area contributed by atoms with Gasteiger partial charge < -0.3 is 4.74 Å². The summed E-state index contributed by atoms with van der Waals surface area (Å²) >= 11 is 0. The first-order valence-corrected chi connectivity index (χ1v) is 8.85. The van der Waals surface area contributed by atoms with Crippen LogP contribution in [0.1, 0.15) is 29.3 Å². The zero-order valence-electron chi connectivity index (χ0n) is 15.5. The number of amides is 2. The number of rotatable bonds is 6. The minimum absolute atomic E-state index is 0.00298. The molecule has 6 heteroatoms. The lowest BCUT2D eigenvalue weighted by molar-refractivity contribution is -0.140. The number of esters is 1. The molecular weight excluding hydrogens is 344 g/mol. The molecule has 1 fully saturated rings. The summed E-state index contributed by atoms with van der Waals surface area (Å²) in [5.74, 6) is -0.233. The van der Waals surface area contributed by atoms with Crippen molar-refractivity contribution < 1.29 is 19.1 Å². The molecule has 0 unspecified atom stereocenters. The lowest BCUT2D eigenvalue weighted by Crippen LogP contribution is -2.31. The van der Waals surface area contributed by atoms with Gasteiger partial charge in [0.05, 0.1) is 7.11 Å². The fourth-order valence-electron chi connectivity index (χ4n) is 3.08. The number of anilines is 2. The molecule has 0 aliphatic carbocycles. The number of hydrogen-bond acceptors (Lipinski definition) is 4. The molecule has 27 heavy (non-hydrogen) atoms. The van der Waals surface area contributed by atoms with Crippen LogP contribution in [0.4, 0.5) is 16.2 Å². The SMILES string of the molecule is COC(=O)CCc1ccc(N2CCN(c3ccc(C(C)=O)cc3)C2=O)cc1.